The molecule has 10 heteroatoms. The number of pyridine rings is 3. The first-order valence-corrected chi connectivity index (χ1v) is 15.4. The van der Waals surface area contributed by atoms with E-state index >= 15 is 0 Å². The molecule has 0 unspecified atom stereocenters. The molecule has 0 atom stereocenters. The van der Waals surface area contributed by atoms with Gasteiger partial charge >= 0.3 is 0 Å². The molecule has 3 aromatic heterocycles. The average Bonchev–Trinajstić information content (AvgIpc) is 3.03. The molecule has 3 heterocycles. The van der Waals surface area contributed by atoms with Crippen molar-refractivity contribution in [3.63, 3.8) is 0 Å². The Morgan fingerprint density at radius 2 is 1.65 bits per heavy atom. The zero-order chi connectivity index (χ0) is 32.6. The van der Waals surface area contributed by atoms with Crippen LogP contribution in [0.4, 0.5) is 20.3 Å². The molecule has 5 aromatic rings. The maximum absolute atomic E-state index is 13.8. The van der Waals surface area contributed by atoms with Crippen LogP contribution in [0.15, 0.2) is 90.1 Å². The Hall–Kier alpha value is -5.12. The Morgan fingerprint density at radius 1 is 0.935 bits per heavy atom. The lowest BCUT2D eigenvalue weighted by Gasteiger charge is -2.17. The number of nitrogens with zero attached hydrogens (tertiary/aromatic N) is 4. The Morgan fingerprint density at radius 3 is 2.37 bits per heavy atom. The number of unbranched alkanes of at least 4 members (excludes halogenated alkanes) is 4. The summed E-state index contributed by atoms with van der Waals surface area (Å²) in [6.07, 6.45) is 11.1. The van der Waals surface area contributed by atoms with Gasteiger partial charge in [0.1, 0.15) is 35.3 Å². The predicted octanol–water partition coefficient (Wildman–Crippen LogP) is 6.61. The Labute approximate surface area is 266 Å². The molecule has 0 bridgehead atoms. The number of nitrogens with one attached hydrogen (secondary N) is 1. The van der Waals surface area contributed by atoms with Gasteiger partial charge in [0, 0.05) is 56.3 Å². The van der Waals surface area contributed by atoms with Crippen LogP contribution in [-0.2, 0) is 6.54 Å². The number of benzene rings is 2. The molecule has 238 valence electrons. The Bertz CT molecular complexity index is 1870. The van der Waals surface area contributed by atoms with E-state index in [-0.39, 0.29) is 16.6 Å². The van der Waals surface area contributed by atoms with Crippen LogP contribution in [0.5, 0.6) is 5.75 Å². The van der Waals surface area contributed by atoms with Gasteiger partial charge in [-0.25, -0.2) is 18.3 Å². The fourth-order valence-electron chi connectivity index (χ4n) is 5.26. The number of aromatic nitrogens is 3. The van der Waals surface area contributed by atoms with E-state index in [1.165, 1.54) is 12.6 Å². The van der Waals surface area contributed by atoms with Crippen LogP contribution in [-0.4, -0.2) is 36.2 Å². The first kappa shape index (κ1) is 32.3. The highest BCUT2D eigenvalue weighted by atomic mass is 19.1. The van der Waals surface area contributed by atoms with Gasteiger partial charge in [-0.2, -0.15) is 0 Å². The number of fused-ring (bicyclic) bond motifs is 1. The normalized spacial score (nSPS) is 11.1. The highest BCUT2D eigenvalue weighted by Crippen LogP contribution is 2.25. The molecule has 46 heavy (non-hydrogen) atoms. The van der Waals surface area contributed by atoms with Gasteiger partial charge in [0.15, 0.2) is 18.0 Å². The fourth-order valence-corrected chi connectivity index (χ4v) is 5.26. The van der Waals surface area contributed by atoms with Crippen LogP contribution in [0.1, 0.15) is 48.0 Å². The van der Waals surface area contributed by atoms with Gasteiger partial charge in [-0.1, -0.05) is 18.9 Å². The van der Waals surface area contributed by atoms with Crippen LogP contribution in [0, 0.1) is 18.6 Å². The molecule has 0 saturated heterocycles. The number of amides is 1. The summed E-state index contributed by atoms with van der Waals surface area (Å²) in [5.41, 5.74) is 1.07. The summed E-state index contributed by atoms with van der Waals surface area (Å²) in [5.74, 6) is -1.10. The molecular weight excluding hydrogens is 588 g/mol. The minimum atomic E-state index is -0.845. The number of ether oxygens (including phenoxy) is 1. The predicted molar refractivity (Wildman–Crippen MR) is 176 cm³/mol. The zero-order valence-electron chi connectivity index (χ0n) is 26.3. The molecule has 0 saturated carbocycles. The number of carbonyl (C=O) groups is 1. The van der Waals surface area contributed by atoms with Gasteiger partial charge in [0.2, 0.25) is 5.43 Å². The van der Waals surface area contributed by atoms with Crippen molar-refractivity contribution in [3.05, 3.63) is 118 Å². The van der Waals surface area contributed by atoms with Gasteiger partial charge in [-0.15, -0.1) is 0 Å². The monoisotopic (exact) mass is 626 g/mol. The SMILES string of the molecule is Cc1cc(-n2cc(C(=O)Nc3cc(F)cc(F)c3)c(=O)c3ccc(N(C)C)nc32)ccc1OCCCCCCC[n+]1ccccc1. The molecule has 1 N–H and O–H groups in total. The molecule has 1 amide bonds. The smallest absolute Gasteiger partial charge is 0.261 e. The van der Waals surface area contributed by atoms with Gasteiger partial charge in [-0.3, -0.25) is 9.59 Å². The van der Waals surface area contributed by atoms with Crippen molar-refractivity contribution in [3.8, 4) is 11.4 Å². The number of rotatable bonds is 13. The summed E-state index contributed by atoms with van der Waals surface area (Å²) in [6, 6.07) is 17.7. The van der Waals surface area contributed by atoms with Crippen molar-refractivity contribution in [2.75, 3.05) is 30.9 Å². The number of halogens is 2. The van der Waals surface area contributed by atoms with E-state index < -0.39 is 23.0 Å². The van der Waals surface area contributed by atoms with Gasteiger partial charge in [0.25, 0.3) is 5.91 Å². The summed E-state index contributed by atoms with van der Waals surface area (Å²) in [4.78, 5) is 33.3. The summed E-state index contributed by atoms with van der Waals surface area (Å²) in [5, 5.41) is 2.67. The van der Waals surface area contributed by atoms with Gasteiger partial charge in [0.05, 0.1) is 12.0 Å². The summed E-state index contributed by atoms with van der Waals surface area (Å²) >= 11 is 0. The second-order valence-electron chi connectivity index (χ2n) is 11.5. The number of hydrogen-bond acceptors (Lipinski definition) is 5. The fraction of sp³-hybridized carbons (Fsp3) is 0.278. The van der Waals surface area contributed by atoms with E-state index in [0.717, 1.165) is 55.7 Å². The van der Waals surface area contributed by atoms with E-state index in [2.05, 4.69) is 22.3 Å². The summed E-state index contributed by atoms with van der Waals surface area (Å²) < 4.78 is 37.5. The second-order valence-corrected chi connectivity index (χ2v) is 11.5. The number of anilines is 2. The van der Waals surface area contributed by atoms with Gasteiger partial charge in [-0.05, 0) is 67.8 Å². The molecule has 0 spiro atoms. The Kier molecular flexibility index (Phi) is 10.4. The topological polar surface area (TPSA) is 80.3 Å². The summed E-state index contributed by atoms with van der Waals surface area (Å²) in [7, 11) is 3.69. The number of hydrogen-bond donors (Lipinski definition) is 1. The third-order valence-electron chi connectivity index (χ3n) is 7.69. The van der Waals surface area contributed by atoms with Crippen LogP contribution in [0.25, 0.3) is 16.7 Å². The molecule has 0 radical (unpaired) electrons. The standard InChI is InChI=1S/C36H37F2N5O3/c1-25-20-29(12-14-32(25)46-19-11-6-4-5-8-16-42-17-9-7-10-18-42)43-24-31(36(45)39-28-22-26(37)21-27(38)23-28)34(44)30-13-15-33(41(2)3)40-35(30)43/h7,9-10,12-15,17-18,20-24H,4-6,8,11,16,19H2,1-3H3/p+1. The lowest BCUT2D eigenvalue weighted by molar-refractivity contribution is -0.697. The lowest BCUT2D eigenvalue weighted by atomic mass is 10.1. The third kappa shape index (κ3) is 7.93. The minimum Gasteiger partial charge on any atom is -0.493 e. The van der Waals surface area contributed by atoms with Crippen LogP contribution < -0.4 is 24.9 Å². The number of aryl methyl sites for hydroxylation is 2. The highest BCUT2D eigenvalue weighted by Gasteiger charge is 2.19. The van der Waals surface area contributed by atoms with Gasteiger partial charge < -0.3 is 19.5 Å². The largest absolute Gasteiger partial charge is 0.493 e. The third-order valence-corrected chi connectivity index (χ3v) is 7.69. The van der Waals surface area contributed by atoms with E-state index in [4.69, 9.17) is 9.72 Å². The highest BCUT2D eigenvalue weighted by molar-refractivity contribution is 6.05. The van der Waals surface area contributed by atoms with Crippen LogP contribution in [0.2, 0.25) is 0 Å². The lowest BCUT2D eigenvalue weighted by Crippen LogP contribution is -2.32. The number of carbonyl (C=O) groups excluding carboxylic acids is 1. The summed E-state index contributed by atoms with van der Waals surface area (Å²) in [6.45, 7) is 3.57. The van der Waals surface area contributed by atoms with Crippen LogP contribution in [0.3, 0.4) is 0 Å². The molecule has 0 aliphatic heterocycles. The molecular formula is C36H38F2N5O3+. The van der Waals surface area contributed by atoms with Crippen molar-refractivity contribution in [1.29, 1.82) is 0 Å². The van der Waals surface area contributed by atoms with Crippen molar-refractivity contribution in [2.24, 2.45) is 0 Å². The van der Waals surface area contributed by atoms with E-state index in [9.17, 15) is 18.4 Å². The second kappa shape index (κ2) is 14.8. The van der Waals surface area contributed by atoms with E-state index in [1.807, 2.05) is 62.3 Å². The molecule has 0 aliphatic carbocycles. The van der Waals surface area contributed by atoms with Crippen molar-refractivity contribution < 1.29 is 22.9 Å². The van der Waals surface area contributed by atoms with Crippen molar-refractivity contribution >= 4 is 28.4 Å². The van der Waals surface area contributed by atoms with E-state index in [1.54, 1.807) is 16.7 Å². The molecule has 0 fully saturated rings. The van der Waals surface area contributed by atoms with Crippen molar-refractivity contribution in [2.45, 2.75) is 45.6 Å². The average molecular weight is 627 g/mol. The van der Waals surface area contributed by atoms with Crippen molar-refractivity contribution in [1.82, 2.24) is 9.55 Å². The van der Waals surface area contributed by atoms with E-state index in [0.29, 0.717) is 29.8 Å². The zero-order valence-corrected chi connectivity index (χ0v) is 26.3. The molecule has 0 aliphatic rings. The minimum absolute atomic E-state index is 0.0989. The maximum atomic E-state index is 13.8. The van der Waals surface area contributed by atoms with Crippen LogP contribution >= 0.6 is 0 Å². The molecule has 2 aromatic carbocycles. The maximum Gasteiger partial charge on any atom is 0.261 e. The Balaban J connectivity index is 1.31. The first-order chi connectivity index (χ1) is 22.2. The first-order valence-electron chi connectivity index (χ1n) is 15.4. The quantitative estimate of drug-likeness (QED) is 0.118. The molecule has 8 nitrogen and oxygen atoms in total. The molecule has 5 rings (SSSR count).